The van der Waals surface area contributed by atoms with E-state index in [0.717, 1.165) is 5.56 Å². The number of sulfonamides is 1. The maximum atomic E-state index is 12.3. The first-order valence-corrected chi connectivity index (χ1v) is 11.6. The second-order valence-electron chi connectivity index (χ2n) is 6.85. The Hall–Kier alpha value is -3.53. The van der Waals surface area contributed by atoms with Gasteiger partial charge in [0.25, 0.3) is 5.91 Å². The molecule has 1 amide bonds. The van der Waals surface area contributed by atoms with Crippen LogP contribution in [-0.4, -0.2) is 33.1 Å². The summed E-state index contributed by atoms with van der Waals surface area (Å²) < 4.78 is 31.8. The topological polar surface area (TPSA) is 114 Å². The number of ether oxygens (including phenoxy) is 1. The molecular formula is C23H20ClN3O5S. The molecule has 0 bridgehead atoms. The molecule has 3 aromatic rings. The lowest BCUT2D eigenvalue weighted by Crippen LogP contribution is -2.34. The highest BCUT2D eigenvalue weighted by Crippen LogP contribution is 2.16. The Bertz CT molecular complexity index is 1270. The lowest BCUT2D eigenvalue weighted by Gasteiger charge is -2.07. The highest BCUT2D eigenvalue weighted by Gasteiger charge is 2.15. The van der Waals surface area contributed by atoms with Crippen LogP contribution >= 0.6 is 11.6 Å². The van der Waals surface area contributed by atoms with Crippen LogP contribution in [0.25, 0.3) is 0 Å². The number of nitrogens with zero attached hydrogens (tertiary/aromatic N) is 1. The minimum Gasteiger partial charge on any atom is -0.423 e. The molecule has 0 fully saturated rings. The van der Waals surface area contributed by atoms with Crippen LogP contribution in [0.3, 0.4) is 0 Å². The van der Waals surface area contributed by atoms with Gasteiger partial charge in [-0.15, -0.1) is 0 Å². The van der Waals surface area contributed by atoms with Gasteiger partial charge in [-0.3, -0.25) is 4.79 Å². The summed E-state index contributed by atoms with van der Waals surface area (Å²) >= 11 is 5.74. The number of nitrogens with one attached hydrogen (secondary N) is 2. The number of esters is 1. The lowest BCUT2D eigenvalue weighted by molar-refractivity contribution is -0.119. The number of aryl methyl sites for hydroxylation is 1. The quantitative estimate of drug-likeness (QED) is 0.220. The van der Waals surface area contributed by atoms with Gasteiger partial charge in [-0.25, -0.2) is 23.4 Å². The van der Waals surface area contributed by atoms with Gasteiger partial charge in [-0.1, -0.05) is 29.8 Å². The standard InChI is InChI=1S/C23H20ClN3O5S/c1-16-4-2-3-5-21(16)23(29)32-19-10-6-17(7-11-19)14-25-27-22(28)15-26-33(30,31)20-12-8-18(24)9-13-20/h2-14,26H,15H2,1H3,(H,27,28). The maximum Gasteiger partial charge on any atom is 0.343 e. The van der Waals surface area contributed by atoms with E-state index in [1.54, 1.807) is 36.4 Å². The van der Waals surface area contributed by atoms with Crippen molar-refractivity contribution in [3.63, 3.8) is 0 Å². The molecule has 33 heavy (non-hydrogen) atoms. The molecule has 8 nitrogen and oxygen atoms in total. The molecular weight excluding hydrogens is 466 g/mol. The van der Waals surface area contributed by atoms with E-state index in [2.05, 4.69) is 15.2 Å². The fourth-order valence-electron chi connectivity index (χ4n) is 2.66. The first-order valence-electron chi connectivity index (χ1n) is 9.69. The Labute approximate surface area is 196 Å². The average molecular weight is 486 g/mol. The number of benzene rings is 3. The monoisotopic (exact) mass is 485 g/mol. The third kappa shape index (κ3) is 6.98. The second-order valence-corrected chi connectivity index (χ2v) is 9.05. The van der Waals surface area contributed by atoms with Crippen LogP contribution in [0, 0.1) is 6.92 Å². The van der Waals surface area contributed by atoms with Crippen molar-refractivity contribution >= 4 is 39.7 Å². The molecule has 170 valence electrons. The van der Waals surface area contributed by atoms with Gasteiger partial charge in [-0.2, -0.15) is 5.10 Å². The molecule has 0 aliphatic heterocycles. The molecule has 10 heteroatoms. The van der Waals surface area contributed by atoms with Crippen molar-refractivity contribution in [2.24, 2.45) is 5.10 Å². The fraction of sp³-hybridized carbons (Fsp3) is 0.0870. The van der Waals surface area contributed by atoms with Gasteiger partial charge in [0.2, 0.25) is 10.0 Å². The number of carbonyl (C=O) groups excluding carboxylic acids is 2. The van der Waals surface area contributed by atoms with Crippen LogP contribution in [-0.2, 0) is 14.8 Å². The molecule has 2 N–H and O–H groups in total. The summed E-state index contributed by atoms with van der Waals surface area (Å²) in [6, 6.07) is 19.2. The first kappa shape index (κ1) is 24.1. The summed E-state index contributed by atoms with van der Waals surface area (Å²) in [5.41, 5.74) is 4.17. The summed E-state index contributed by atoms with van der Waals surface area (Å²) in [7, 11) is -3.85. The molecule has 3 aromatic carbocycles. The minimum absolute atomic E-state index is 0.00795. The zero-order chi connectivity index (χ0) is 23.8. The summed E-state index contributed by atoms with van der Waals surface area (Å²) in [4.78, 5) is 24.1. The van der Waals surface area contributed by atoms with E-state index < -0.39 is 28.4 Å². The second kappa shape index (κ2) is 10.9. The van der Waals surface area contributed by atoms with Gasteiger partial charge in [0.1, 0.15) is 5.75 Å². The van der Waals surface area contributed by atoms with E-state index in [9.17, 15) is 18.0 Å². The van der Waals surface area contributed by atoms with Crippen LogP contribution in [0.4, 0.5) is 0 Å². The maximum absolute atomic E-state index is 12.3. The van der Waals surface area contributed by atoms with Crippen molar-refractivity contribution in [2.75, 3.05) is 6.54 Å². The Morgan fingerprint density at radius 3 is 2.33 bits per heavy atom. The summed E-state index contributed by atoms with van der Waals surface area (Å²) in [5, 5.41) is 4.19. The molecule has 3 rings (SSSR count). The van der Waals surface area contributed by atoms with Crippen LogP contribution in [0.5, 0.6) is 5.75 Å². The molecule has 0 saturated heterocycles. The Kier molecular flexibility index (Phi) is 7.94. The summed E-state index contributed by atoms with van der Waals surface area (Å²) in [6.07, 6.45) is 1.37. The van der Waals surface area contributed by atoms with Gasteiger partial charge in [0.15, 0.2) is 0 Å². The number of hydrazone groups is 1. The third-order valence-electron chi connectivity index (χ3n) is 4.41. The van der Waals surface area contributed by atoms with Crippen LogP contribution in [0.1, 0.15) is 21.5 Å². The predicted octanol–water partition coefficient (Wildman–Crippen LogP) is 3.30. The number of halogens is 1. The van der Waals surface area contributed by atoms with Gasteiger partial charge < -0.3 is 4.74 Å². The largest absolute Gasteiger partial charge is 0.423 e. The van der Waals surface area contributed by atoms with Crippen molar-refractivity contribution in [2.45, 2.75) is 11.8 Å². The number of amides is 1. The molecule has 0 heterocycles. The van der Waals surface area contributed by atoms with Crippen LogP contribution in [0.2, 0.25) is 5.02 Å². The smallest absolute Gasteiger partial charge is 0.343 e. The minimum atomic E-state index is -3.85. The highest BCUT2D eigenvalue weighted by molar-refractivity contribution is 7.89. The zero-order valence-electron chi connectivity index (χ0n) is 17.5. The normalized spacial score (nSPS) is 11.3. The number of hydrogen-bond donors (Lipinski definition) is 2. The number of carbonyl (C=O) groups is 2. The van der Waals surface area contributed by atoms with E-state index in [0.29, 0.717) is 21.9 Å². The number of rotatable bonds is 8. The van der Waals surface area contributed by atoms with Crippen molar-refractivity contribution in [1.82, 2.24) is 10.1 Å². The van der Waals surface area contributed by atoms with Gasteiger partial charge in [0.05, 0.1) is 23.2 Å². The fourth-order valence-corrected chi connectivity index (χ4v) is 3.77. The Morgan fingerprint density at radius 1 is 1.00 bits per heavy atom. The predicted molar refractivity (Wildman–Crippen MR) is 125 cm³/mol. The molecule has 0 aliphatic carbocycles. The van der Waals surface area contributed by atoms with Gasteiger partial charge >= 0.3 is 5.97 Å². The molecule has 0 spiro atoms. The SMILES string of the molecule is Cc1ccccc1C(=O)Oc1ccc(C=NNC(=O)CNS(=O)(=O)c2ccc(Cl)cc2)cc1. The van der Waals surface area contributed by atoms with Gasteiger partial charge in [-0.05, 0) is 72.6 Å². The molecule has 0 aromatic heterocycles. The van der Waals surface area contributed by atoms with E-state index in [1.807, 2.05) is 19.1 Å². The lowest BCUT2D eigenvalue weighted by atomic mass is 10.1. The highest BCUT2D eigenvalue weighted by atomic mass is 35.5. The van der Waals surface area contributed by atoms with E-state index >= 15 is 0 Å². The summed E-state index contributed by atoms with van der Waals surface area (Å²) in [6.45, 7) is 1.34. The average Bonchev–Trinajstić information content (AvgIpc) is 2.79. The molecule has 0 radical (unpaired) electrons. The molecule has 0 atom stereocenters. The third-order valence-corrected chi connectivity index (χ3v) is 6.07. The summed E-state index contributed by atoms with van der Waals surface area (Å²) in [5.74, 6) is -0.739. The Morgan fingerprint density at radius 2 is 1.67 bits per heavy atom. The molecule has 0 aliphatic rings. The van der Waals surface area contributed by atoms with Crippen LogP contribution in [0.15, 0.2) is 82.8 Å². The van der Waals surface area contributed by atoms with E-state index in [4.69, 9.17) is 16.3 Å². The molecule has 0 saturated carbocycles. The Balaban J connectivity index is 1.49. The van der Waals surface area contributed by atoms with Crippen LogP contribution < -0.4 is 14.9 Å². The van der Waals surface area contributed by atoms with Crippen molar-refractivity contribution in [3.8, 4) is 5.75 Å². The molecule has 0 unspecified atom stereocenters. The van der Waals surface area contributed by atoms with Crippen molar-refractivity contribution in [1.29, 1.82) is 0 Å². The first-order chi connectivity index (χ1) is 15.7. The van der Waals surface area contributed by atoms with Crippen molar-refractivity contribution < 1.29 is 22.7 Å². The number of hydrogen-bond acceptors (Lipinski definition) is 6. The van der Waals surface area contributed by atoms with E-state index in [-0.39, 0.29) is 4.90 Å². The van der Waals surface area contributed by atoms with Crippen molar-refractivity contribution in [3.05, 3.63) is 94.5 Å². The van der Waals surface area contributed by atoms with E-state index in [1.165, 1.54) is 30.5 Å². The zero-order valence-corrected chi connectivity index (χ0v) is 19.1. The van der Waals surface area contributed by atoms with Gasteiger partial charge in [0, 0.05) is 5.02 Å².